The maximum atomic E-state index is 3.87. The molecule has 0 spiro atoms. The lowest BCUT2D eigenvalue weighted by Crippen LogP contribution is -2.61. The molecule has 3 fully saturated rings. The molecular formula is C18H34N2. The van der Waals surface area contributed by atoms with E-state index in [1.54, 1.807) is 0 Å². The summed E-state index contributed by atoms with van der Waals surface area (Å²) in [5.41, 5.74) is 0. The number of piperazine rings is 1. The van der Waals surface area contributed by atoms with E-state index in [2.05, 4.69) is 24.1 Å². The number of hydrogen-bond donors (Lipinski definition) is 1. The molecule has 20 heavy (non-hydrogen) atoms. The number of nitrogens with zero attached hydrogens (tertiary/aromatic N) is 1. The van der Waals surface area contributed by atoms with Crippen molar-refractivity contribution in [1.29, 1.82) is 0 Å². The lowest BCUT2D eigenvalue weighted by Gasteiger charge is -2.47. The molecule has 0 aromatic rings. The van der Waals surface area contributed by atoms with Crippen LogP contribution in [0.2, 0.25) is 0 Å². The van der Waals surface area contributed by atoms with Gasteiger partial charge in [0.25, 0.3) is 0 Å². The summed E-state index contributed by atoms with van der Waals surface area (Å²) in [6.45, 7) is 7.40. The molecule has 1 saturated heterocycles. The van der Waals surface area contributed by atoms with Gasteiger partial charge in [0.2, 0.25) is 0 Å². The highest BCUT2D eigenvalue weighted by Crippen LogP contribution is 2.36. The minimum absolute atomic E-state index is 0.773. The fourth-order valence-electron chi connectivity index (χ4n) is 4.44. The summed E-state index contributed by atoms with van der Waals surface area (Å²) in [7, 11) is 0. The van der Waals surface area contributed by atoms with Gasteiger partial charge in [0.15, 0.2) is 0 Å². The van der Waals surface area contributed by atoms with E-state index in [9.17, 15) is 0 Å². The number of rotatable bonds is 3. The minimum atomic E-state index is 0.773. The first-order valence-corrected chi connectivity index (χ1v) is 9.25. The summed E-state index contributed by atoms with van der Waals surface area (Å²) < 4.78 is 0. The molecule has 3 aliphatic rings. The van der Waals surface area contributed by atoms with E-state index in [4.69, 9.17) is 0 Å². The van der Waals surface area contributed by atoms with Crippen molar-refractivity contribution in [3.8, 4) is 0 Å². The third-order valence-corrected chi connectivity index (χ3v) is 5.93. The Bertz CT molecular complexity index is 290. The number of nitrogens with one attached hydrogen (secondary N) is 1. The van der Waals surface area contributed by atoms with Gasteiger partial charge in [-0.05, 0) is 37.5 Å². The summed E-state index contributed by atoms with van der Waals surface area (Å²) in [6.07, 6.45) is 13.2. The lowest BCUT2D eigenvalue weighted by molar-refractivity contribution is 0.0395. The van der Waals surface area contributed by atoms with Gasteiger partial charge >= 0.3 is 0 Å². The Balaban J connectivity index is 1.66. The van der Waals surface area contributed by atoms with Crippen LogP contribution in [0, 0.1) is 11.8 Å². The second kappa shape index (κ2) is 6.79. The van der Waals surface area contributed by atoms with Crippen molar-refractivity contribution in [2.24, 2.45) is 11.8 Å². The van der Waals surface area contributed by atoms with Crippen molar-refractivity contribution in [2.75, 3.05) is 13.1 Å². The summed E-state index contributed by atoms with van der Waals surface area (Å²) in [5.74, 6) is 1.78. The first-order chi connectivity index (χ1) is 9.75. The van der Waals surface area contributed by atoms with Crippen LogP contribution in [-0.2, 0) is 0 Å². The maximum absolute atomic E-state index is 3.87. The van der Waals surface area contributed by atoms with Gasteiger partial charge < -0.3 is 5.32 Å². The Morgan fingerprint density at radius 2 is 1.55 bits per heavy atom. The van der Waals surface area contributed by atoms with Crippen LogP contribution < -0.4 is 5.32 Å². The minimum Gasteiger partial charge on any atom is -0.311 e. The topological polar surface area (TPSA) is 15.3 Å². The zero-order chi connectivity index (χ0) is 13.9. The maximum Gasteiger partial charge on any atom is 0.0247 e. The zero-order valence-corrected chi connectivity index (χ0v) is 13.6. The molecule has 0 bridgehead atoms. The molecule has 2 unspecified atom stereocenters. The van der Waals surface area contributed by atoms with E-state index in [1.165, 1.54) is 70.9 Å². The van der Waals surface area contributed by atoms with Crippen molar-refractivity contribution in [3.05, 3.63) is 0 Å². The smallest absolute Gasteiger partial charge is 0.0247 e. The molecule has 3 rings (SSSR count). The van der Waals surface area contributed by atoms with E-state index >= 15 is 0 Å². The summed E-state index contributed by atoms with van der Waals surface area (Å²) in [4.78, 5) is 2.94. The molecule has 0 aromatic heterocycles. The highest BCUT2D eigenvalue weighted by molar-refractivity contribution is 4.97. The molecule has 2 aliphatic carbocycles. The molecular weight excluding hydrogens is 244 g/mol. The molecule has 0 amide bonds. The fraction of sp³-hybridized carbons (Fsp3) is 1.00. The SMILES string of the molecule is CC(C)C1CNC(C2CC2)CN1C1CCCCCCC1. The Morgan fingerprint density at radius 3 is 2.15 bits per heavy atom. The zero-order valence-electron chi connectivity index (χ0n) is 13.6. The van der Waals surface area contributed by atoms with Crippen molar-refractivity contribution in [1.82, 2.24) is 10.2 Å². The Labute approximate surface area is 125 Å². The molecule has 116 valence electrons. The largest absolute Gasteiger partial charge is 0.311 e. The van der Waals surface area contributed by atoms with E-state index < -0.39 is 0 Å². The van der Waals surface area contributed by atoms with E-state index in [0.29, 0.717) is 0 Å². The van der Waals surface area contributed by atoms with Gasteiger partial charge in [0.05, 0.1) is 0 Å². The molecule has 1 aliphatic heterocycles. The average Bonchev–Trinajstić information content (AvgIpc) is 3.22. The van der Waals surface area contributed by atoms with Gasteiger partial charge in [-0.25, -0.2) is 0 Å². The standard InChI is InChI=1S/C18H34N2/c1-14(2)18-12-19-17(15-10-11-15)13-20(18)16-8-6-4-3-5-7-9-16/h14-19H,3-13H2,1-2H3. The third kappa shape index (κ3) is 3.57. The van der Waals surface area contributed by atoms with Crippen molar-refractivity contribution in [3.63, 3.8) is 0 Å². The van der Waals surface area contributed by atoms with Crippen LogP contribution in [0.1, 0.15) is 71.6 Å². The normalized spacial score (nSPS) is 35.0. The van der Waals surface area contributed by atoms with E-state index in [1.807, 2.05) is 0 Å². The van der Waals surface area contributed by atoms with Gasteiger partial charge in [-0.3, -0.25) is 4.90 Å². The van der Waals surface area contributed by atoms with E-state index in [0.717, 1.165) is 30.0 Å². The number of hydrogen-bond acceptors (Lipinski definition) is 2. The van der Waals surface area contributed by atoms with Gasteiger partial charge in [0, 0.05) is 31.2 Å². The Kier molecular flexibility index (Phi) is 5.04. The van der Waals surface area contributed by atoms with Gasteiger partial charge in [-0.2, -0.15) is 0 Å². The third-order valence-electron chi connectivity index (χ3n) is 5.93. The fourth-order valence-corrected chi connectivity index (χ4v) is 4.44. The predicted molar refractivity (Wildman–Crippen MR) is 86.0 cm³/mol. The lowest BCUT2D eigenvalue weighted by atomic mass is 9.90. The van der Waals surface area contributed by atoms with Crippen LogP contribution in [0.15, 0.2) is 0 Å². The summed E-state index contributed by atoms with van der Waals surface area (Å²) in [6, 6.07) is 2.45. The summed E-state index contributed by atoms with van der Waals surface area (Å²) >= 11 is 0. The van der Waals surface area contributed by atoms with Crippen LogP contribution in [0.5, 0.6) is 0 Å². The van der Waals surface area contributed by atoms with Crippen LogP contribution in [0.25, 0.3) is 0 Å². The van der Waals surface area contributed by atoms with Crippen molar-refractivity contribution < 1.29 is 0 Å². The quantitative estimate of drug-likeness (QED) is 0.844. The van der Waals surface area contributed by atoms with Crippen LogP contribution >= 0.6 is 0 Å². The first kappa shape index (κ1) is 14.8. The average molecular weight is 278 g/mol. The first-order valence-electron chi connectivity index (χ1n) is 9.25. The van der Waals surface area contributed by atoms with Crippen LogP contribution in [-0.4, -0.2) is 36.1 Å². The predicted octanol–water partition coefficient (Wildman–Crippen LogP) is 3.81. The Morgan fingerprint density at radius 1 is 0.900 bits per heavy atom. The monoisotopic (exact) mass is 278 g/mol. The molecule has 2 heteroatoms. The molecule has 0 radical (unpaired) electrons. The van der Waals surface area contributed by atoms with E-state index in [-0.39, 0.29) is 0 Å². The van der Waals surface area contributed by atoms with Crippen LogP contribution in [0.4, 0.5) is 0 Å². The second-order valence-corrected chi connectivity index (χ2v) is 7.86. The van der Waals surface area contributed by atoms with Gasteiger partial charge in [-0.15, -0.1) is 0 Å². The molecule has 2 nitrogen and oxygen atoms in total. The van der Waals surface area contributed by atoms with Gasteiger partial charge in [0.1, 0.15) is 0 Å². The molecule has 1 N–H and O–H groups in total. The van der Waals surface area contributed by atoms with Crippen LogP contribution in [0.3, 0.4) is 0 Å². The van der Waals surface area contributed by atoms with Crippen molar-refractivity contribution >= 4 is 0 Å². The highest BCUT2D eigenvalue weighted by Gasteiger charge is 2.40. The Hall–Kier alpha value is -0.0800. The van der Waals surface area contributed by atoms with Crippen molar-refractivity contribution in [2.45, 2.75) is 89.8 Å². The molecule has 0 aromatic carbocycles. The summed E-state index contributed by atoms with van der Waals surface area (Å²) in [5, 5.41) is 3.87. The molecule has 2 saturated carbocycles. The second-order valence-electron chi connectivity index (χ2n) is 7.86. The van der Waals surface area contributed by atoms with Gasteiger partial charge in [-0.1, -0.05) is 46.0 Å². The molecule has 2 atom stereocenters. The highest BCUT2D eigenvalue weighted by atomic mass is 15.3. The molecule has 1 heterocycles.